The third kappa shape index (κ3) is 1.96. The Morgan fingerprint density at radius 3 is 2.50 bits per heavy atom. The van der Waals surface area contributed by atoms with Crippen molar-refractivity contribution in [3.05, 3.63) is 0 Å². The maximum atomic E-state index is 10.7. The van der Waals surface area contributed by atoms with Gasteiger partial charge >= 0.3 is 0 Å². The van der Waals surface area contributed by atoms with E-state index < -0.39 is 5.41 Å². The van der Waals surface area contributed by atoms with Gasteiger partial charge in [-0.2, -0.15) is 12.6 Å². The van der Waals surface area contributed by atoms with E-state index in [-0.39, 0.29) is 5.91 Å². The van der Waals surface area contributed by atoms with Gasteiger partial charge in [0.2, 0.25) is 5.91 Å². The first-order valence-electron chi connectivity index (χ1n) is 2.91. The molecule has 3 heteroatoms. The molecule has 0 aromatic heterocycles. The number of hydrogen-bond acceptors (Lipinski definition) is 2. The first-order chi connectivity index (χ1) is 4.56. The van der Waals surface area contributed by atoms with E-state index in [2.05, 4.69) is 18.5 Å². The second kappa shape index (κ2) is 3.52. The van der Waals surface area contributed by atoms with Crippen LogP contribution < -0.4 is 5.73 Å². The lowest BCUT2D eigenvalue weighted by Gasteiger charge is -2.19. The molecule has 0 rings (SSSR count). The largest absolute Gasteiger partial charge is 0.369 e. The molecule has 1 amide bonds. The minimum atomic E-state index is -0.641. The highest BCUT2D eigenvalue weighted by Crippen LogP contribution is 2.21. The molecule has 0 saturated heterocycles. The molecular formula is C7H11NOS. The molecule has 0 aromatic carbocycles. The van der Waals surface area contributed by atoms with Crippen molar-refractivity contribution in [2.24, 2.45) is 11.1 Å². The molecule has 0 radical (unpaired) electrons. The molecule has 0 fully saturated rings. The molecule has 0 aliphatic heterocycles. The molecule has 0 spiro atoms. The van der Waals surface area contributed by atoms with Crippen LogP contribution in [-0.4, -0.2) is 11.7 Å². The summed E-state index contributed by atoms with van der Waals surface area (Å²) in [6.45, 7) is 1.71. The van der Waals surface area contributed by atoms with Crippen LogP contribution in [-0.2, 0) is 4.79 Å². The standard InChI is InChI=1S/C7H11NOS/c1-3-4-7(2,5-10)6(8)9/h1,10H,4-5H2,2H3,(H2,8,9). The Balaban J connectivity index is 4.26. The fourth-order valence-electron chi connectivity index (χ4n) is 0.446. The van der Waals surface area contributed by atoms with Crippen LogP contribution in [0.25, 0.3) is 0 Å². The van der Waals surface area contributed by atoms with Gasteiger partial charge in [0.15, 0.2) is 0 Å². The molecule has 0 aliphatic carbocycles. The van der Waals surface area contributed by atoms with E-state index in [0.717, 1.165) is 0 Å². The van der Waals surface area contributed by atoms with Gasteiger partial charge in [-0.25, -0.2) is 0 Å². The van der Waals surface area contributed by atoms with Gasteiger partial charge in [-0.3, -0.25) is 4.79 Å². The lowest BCUT2D eigenvalue weighted by molar-refractivity contribution is -0.125. The molecule has 0 aromatic rings. The molecule has 10 heavy (non-hydrogen) atoms. The van der Waals surface area contributed by atoms with Crippen LogP contribution in [0, 0.1) is 17.8 Å². The van der Waals surface area contributed by atoms with Crippen LogP contribution in [0.5, 0.6) is 0 Å². The van der Waals surface area contributed by atoms with Gasteiger partial charge < -0.3 is 5.73 Å². The molecule has 2 nitrogen and oxygen atoms in total. The summed E-state index contributed by atoms with van der Waals surface area (Å²) in [7, 11) is 0. The fourth-order valence-corrected chi connectivity index (χ4v) is 0.714. The molecule has 0 aliphatic rings. The van der Waals surface area contributed by atoms with E-state index in [1.165, 1.54) is 0 Å². The summed E-state index contributed by atoms with van der Waals surface area (Å²) in [4.78, 5) is 10.7. The Labute approximate surface area is 66.6 Å². The number of carbonyl (C=O) groups excluding carboxylic acids is 1. The van der Waals surface area contributed by atoms with E-state index in [4.69, 9.17) is 12.2 Å². The van der Waals surface area contributed by atoms with Gasteiger partial charge in [0.1, 0.15) is 0 Å². The molecular weight excluding hydrogens is 146 g/mol. The van der Waals surface area contributed by atoms with E-state index in [1.807, 2.05) is 0 Å². The van der Waals surface area contributed by atoms with E-state index >= 15 is 0 Å². The first-order valence-corrected chi connectivity index (χ1v) is 3.54. The van der Waals surface area contributed by atoms with Crippen molar-refractivity contribution in [2.75, 3.05) is 5.75 Å². The van der Waals surface area contributed by atoms with Crippen molar-refractivity contribution in [1.82, 2.24) is 0 Å². The highest BCUT2D eigenvalue weighted by Gasteiger charge is 2.27. The lowest BCUT2D eigenvalue weighted by atomic mass is 9.89. The molecule has 0 heterocycles. The minimum absolute atomic E-state index is 0.353. The normalized spacial score (nSPS) is 15.3. The summed E-state index contributed by atoms with van der Waals surface area (Å²) >= 11 is 3.98. The maximum absolute atomic E-state index is 10.7. The monoisotopic (exact) mass is 157 g/mol. The average Bonchev–Trinajstić information content (AvgIpc) is 1.88. The van der Waals surface area contributed by atoms with Gasteiger partial charge in [-0.1, -0.05) is 0 Å². The van der Waals surface area contributed by atoms with Crippen LogP contribution in [0.15, 0.2) is 0 Å². The molecule has 2 N–H and O–H groups in total. The van der Waals surface area contributed by atoms with Crippen LogP contribution in [0.1, 0.15) is 13.3 Å². The Morgan fingerprint density at radius 1 is 1.90 bits per heavy atom. The van der Waals surface area contributed by atoms with E-state index in [0.29, 0.717) is 12.2 Å². The van der Waals surface area contributed by atoms with Gasteiger partial charge in [0.05, 0.1) is 5.41 Å². The summed E-state index contributed by atoms with van der Waals surface area (Å²) < 4.78 is 0. The number of amides is 1. The minimum Gasteiger partial charge on any atom is -0.369 e. The number of hydrogen-bond donors (Lipinski definition) is 2. The van der Waals surface area contributed by atoms with Crippen LogP contribution >= 0.6 is 12.6 Å². The topological polar surface area (TPSA) is 43.1 Å². The van der Waals surface area contributed by atoms with Gasteiger partial charge in [-0.05, 0) is 6.92 Å². The number of rotatable bonds is 3. The highest BCUT2D eigenvalue weighted by molar-refractivity contribution is 7.80. The highest BCUT2D eigenvalue weighted by atomic mass is 32.1. The van der Waals surface area contributed by atoms with E-state index in [1.54, 1.807) is 6.92 Å². The van der Waals surface area contributed by atoms with E-state index in [9.17, 15) is 4.79 Å². The predicted octanol–water partition coefficient (Wildman–Crippen LogP) is 0.431. The van der Waals surface area contributed by atoms with Crippen LogP contribution in [0.2, 0.25) is 0 Å². The lowest BCUT2D eigenvalue weighted by Crippen LogP contribution is -2.35. The maximum Gasteiger partial charge on any atom is 0.225 e. The Hall–Kier alpha value is -0.620. The third-order valence-electron chi connectivity index (χ3n) is 1.44. The first kappa shape index (κ1) is 9.38. The molecule has 1 unspecified atom stereocenters. The Morgan fingerprint density at radius 2 is 2.40 bits per heavy atom. The summed E-state index contributed by atoms with van der Waals surface area (Å²) in [6.07, 6.45) is 5.39. The van der Waals surface area contributed by atoms with Crippen molar-refractivity contribution in [2.45, 2.75) is 13.3 Å². The summed E-state index contributed by atoms with van der Waals surface area (Å²) in [6, 6.07) is 0. The predicted molar refractivity (Wildman–Crippen MR) is 44.6 cm³/mol. The fraction of sp³-hybridized carbons (Fsp3) is 0.571. The summed E-state index contributed by atoms with van der Waals surface area (Å²) in [5.41, 5.74) is 4.44. The van der Waals surface area contributed by atoms with Gasteiger partial charge in [0, 0.05) is 12.2 Å². The SMILES string of the molecule is C#CCC(C)(CS)C(N)=O. The summed E-state index contributed by atoms with van der Waals surface area (Å²) in [5.74, 6) is 2.40. The Kier molecular flexibility index (Phi) is 3.31. The number of primary amides is 1. The quantitative estimate of drug-likeness (QED) is 0.453. The van der Waals surface area contributed by atoms with Crippen molar-refractivity contribution in [3.8, 4) is 12.3 Å². The smallest absolute Gasteiger partial charge is 0.225 e. The number of carbonyl (C=O) groups is 1. The van der Waals surface area contributed by atoms with Gasteiger partial charge in [0.25, 0.3) is 0 Å². The Bertz CT molecular complexity index is 173. The summed E-state index contributed by atoms with van der Waals surface area (Å²) in [5, 5.41) is 0. The van der Waals surface area contributed by atoms with Crippen molar-refractivity contribution >= 4 is 18.5 Å². The number of terminal acetylenes is 1. The molecule has 0 bridgehead atoms. The second-order valence-corrected chi connectivity index (χ2v) is 2.78. The number of nitrogens with two attached hydrogens (primary N) is 1. The zero-order valence-electron chi connectivity index (χ0n) is 5.92. The van der Waals surface area contributed by atoms with Gasteiger partial charge in [-0.15, -0.1) is 12.3 Å². The third-order valence-corrected chi connectivity index (χ3v) is 2.13. The zero-order valence-corrected chi connectivity index (χ0v) is 6.82. The number of thiol groups is 1. The van der Waals surface area contributed by atoms with Crippen molar-refractivity contribution in [3.63, 3.8) is 0 Å². The molecule has 56 valence electrons. The van der Waals surface area contributed by atoms with Crippen LogP contribution in [0.3, 0.4) is 0 Å². The molecule has 0 saturated carbocycles. The van der Waals surface area contributed by atoms with Crippen molar-refractivity contribution < 1.29 is 4.79 Å². The van der Waals surface area contributed by atoms with Crippen molar-refractivity contribution in [1.29, 1.82) is 0 Å². The average molecular weight is 157 g/mol. The zero-order chi connectivity index (χ0) is 8.20. The second-order valence-electron chi connectivity index (χ2n) is 2.46. The van der Waals surface area contributed by atoms with Crippen LogP contribution in [0.4, 0.5) is 0 Å². The molecule has 1 atom stereocenters.